The van der Waals surface area contributed by atoms with Crippen molar-refractivity contribution in [1.82, 2.24) is 0 Å². The third kappa shape index (κ3) is 5.94. The summed E-state index contributed by atoms with van der Waals surface area (Å²) in [6, 6.07) is 7.60. The molecule has 88 valence electrons. The third-order valence-corrected chi connectivity index (χ3v) is 2.68. The second kappa shape index (κ2) is 6.93. The largest absolute Gasteiger partial charge is 0.300 e. The summed E-state index contributed by atoms with van der Waals surface area (Å²) in [5.41, 5.74) is 1.91. The number of hydrogen-bond acceptors (Lipinski definition) is 3. The van der Waals surface area contributed by atoms with Crippen molar-refractivity contribution in [3.8, 4) is 11.8 Å². The van der Waals surface area contributed by atoms with Crippen molar-refractivity contribution < 1.29 is 9.59 Å². The molecule has 0 unspecified atom stereocenters. The molecule has 0 fully saturated rings. The van der Waals surface area contributed by atoms with Gasteiger partial charge in [-0.25, -0.2) is 0 Å². The van der Waals surface area contributed by atoms with Gasteiger partial charge in [0, 0.05) is 18.9 Å². The molecular formula is C14H14O2S. The Morgan fingerprint density at radius 3 is 2.35 bits per heavy atom. The molecule has 1 aromatic carbocycles. The molecular weight excluding hydrogens is 232 g/mol. The fourth-order valence-electron chi connectivity index (χ4n) is 1.27. The van der Waals surface area contributed by atoms with Crippen LogP contribution in [-0.4, -0.2) is 16.7 Å². The highest BCUT2D eigenvalue weighted by molar-refractivity contribution is 8.13. The molecule has 0 heterocycles. The van der Waals surface area contributed by atoms with Crippen molar-refractivity contribution in [3.63, 3.8) is 0 Å². The van der Waals surface area contributed by atoms with E-state index in [4.69, 9.17) is 0 Å². The van der Waals surface area contributed by atoms with E-state index in [9.17, 15) is 9.59 Å². The van der Waals surface area contributed by atoms with Crippen molar-refractivity contribution in [2.75, 3.05) is 5.75 Å². The number of carbonyl (C=O) groups is 2. The standard InChI is InChI=1S/C14H14O2S/c1-11(15)10-14-7-5-13(6-8-14)4-3-9-17-12(2)16/h5-8H,9-10H2,1-2H3. The van der Waals surface area contributed by atoms with E-state index in [0.29, 0.717) is 12.2 Å². The molecule has 1 aromatic rings. The van der Waals surface area contributed by atoms with Gasteiger partial charge in [-0.1, -0.05) is 35.7 Å². The van der Waals surface area contributed by atoms with Crippen LogP contribution in [0, 0.1) is 11.8 Å². The van der Waals surface area contributed by atoms with Crippen molar-refractivity contribution in [3.05, 3.63) is 35.4 Å². The normalized spacial score (nSPS) is 9.29. The van der Waals surface area contributed by atoms with E-state index in [2.05, 4.69) is 11.8 Å². The first-order valence-corrected chi connectivity index (χ1v) is 6.27. The van der Waals surface area contributed by atoms with E-state index < -0.39 is 0 Å². The maximum absolute atomic E-state index is 10.9. The van der Waals surface area contributed by atoms with E-state index in [1.807, 2.05) is 24.3 Å². The van der Waals surface area contributed by atoms with Gasteiger partial charge in [-0.15, -0.1) is 0 Å². The van der Waals surface area contributed by atoms with Gasteiger partial charge in [0.2, 0.25) is 0 Å². The number of thioether (sulfide) groups is 1. The Bertz CT molecular complexity index is 463. The summed E-state index contributed by atoms with van der Waals surface area (Å²) in [5, 5.41) is 0.0797. The van der Waals surface area contributed by atoms with Gasteiger partial charge in [0.1, 0.15) is 5.78 Å². The molecule has 0 bridgehead atoms. The first-order valence-electron chi connectivity index (χ1n) is 5.28. The van der Waals surface area contributed by atoms with Crippen LogP contribution in [-0.2, 0) is 16.0 Å². The topological polar surface area (TPSA) is 34.1 Å². The van der Waals surface area contributed by atoms with Crippen molar-refractivity contribution in [2.45, 2.75) is 20.3 Å². The summed E-state index contributed by atoms with van der Waals surface area (Å²) in [4.78, 5) is 21.6. The number of carbonyl (C=O) groups excluding carboxylic acids is 2. The lowest BCUT2D eigenvalue weighted by molar-refractivity contribution is -0.116. The van der Waals surface area contributed by atoms with E-state index in [-0.39, 0.29) is 10.9 Å². The summed E-state index contributed by atoms with van der Waals surface area (Å²) in [6.07, 6.45) is 0.466. The lowest BCUT2D eigenvalue weighted by atomic mass is 10.1. The lowest BCUT2D eigenvalue weighted by Crippen LogP contribution is -1.95. The van der Waals surface area contributed by atoms with Crippen LogP contribution in [0.2, 0.25) is 0 Å². The van der Waals surface area contributed by atoms with Crippen LogP contribution < -0.4 is 0 Å². The fraction of sp³-hybridized carbons (Fsp3) is 0.286. The molecule has 0 saturated heterocycles. The minimum atomic E-state index is 0.0797. The molecule has 2 nitrogen and oxygen atoms in total. The van der Waals surface area contributed by atoms with Gasteiger partial charge in [-0.05, 0) is 24.6 Å². The highest BCUT2D eigenvalue weighted by Gasteiger charge is 1.96. The molecule has 0 radical (unpaired) electrons. The first kappa shape index (κ1) is 13.5. The van der Waals surface area contributed by atoms with Gasteiger partial charge in [-0.2, -0.15) is 0 Å². The van der Waals surface area contributed by atoms with Crippen LogP contribution in [0.4, 0.5) is 0 Å². The van der Waals surface area contributed by atoms with Gasteiger partial charge in [-0.3, -0.25) is 9.59 Å². The van der Waals surface area contributed by atoms with Crippen LogP contribution in [0.3, 0.4) is 0 Å². The Morgan fingerprint density at radius 1 is 1.18 bits per heavy atom. The second-order valence-electron chi connectivity index (χ2n) is 3.66. The summed E-state index contributed by atoms with van der Waals surface area (Å²) in [7, 11) is 0. The van der Waals surface area contributed by atoms with Gasteiger partial charge in [0.05, 0.1) is 5.75 Å². The SMILES string of the molecule is CC(=O)Cc1ccc(C#CCSC(C)=O)cc1. The molecule has 0 saturated carbocycles. The first-order chi connectivity index (χ1) is 8.08. The Morgan fingerprint density at radius 2 is 1.82 bits per heavy atom. The third-order valence-electron chi connectivity index (χ3n) is 1.99. The van der Waals surface area contributed by atoms with E-state index in [1.54, 1.807) is 6.92 Å². The molecule has 0 spiro atoms. The average Bonchev–Trinajstić information content (AvgIpc) is 2.25. The van der Waals surface area contributed by atoms with Gasteiger partial charge in [0.25, 0.3) is 0 Å². The monoisotopic (exact) mass is 246 g/mol. The zero-order valence-electron chi connectivity index (χ0n) is 9.95. The van der Waals surface area contributed by atoms with Gasteiger partial charge < -0.3 is 0 Å². The smallest absolute Gasteiger partial charge is 0.186 e. The highest BCUT2D eigenvalue weighted by Crippen LogP contribution is 2.05. The van der Waals surface area contributed by atoms with Crippen LogP contribution in [0.5, 0.6) is 0 Å². The Hall–Kier alpha value is -1.53. The average molecular weight is 246 g/mol. The Kier molecular flexibility index (Phi) is 5.51. The summed E-state index contributed by atoms with van der Waals surface area (Å²) >= 11 is 1.20. The molecule has 0 amide bonds. The summed E-state index contributed by atoms with van der Waals surface area (Å²) in [5.74, 6) is 6.56. The molecule has 0 atom stereocenters. The van der Waals surface area contributed by atoms with Crippen molar-refractivity contribution in [1.29, 1.82) is 0 Å². The molecule has 0 aromatic heterocycles. The number of Topliss-reactive ketones (excluding diaryl/α,β-unsaturated/α-hetero) is 1. The zero-order valence-corrected chi connectivity index (χ0v) is 10.8. The molecule has 1 rings (SSSR count). The second-order valence-corrected chi connectivity index (χ2v) is 4.81. The molecule has 17 heavy (non-hydrogen) atoms. The van der Waals surface area contributed by atoms with Crippen molar-refractivity contribution >= 4 is 22.7 Å². The van der Waals surface area contributed by atoms with Gasteiger partial charge >= 0.3 is 0 Å². The van der Waals surface area contributed by atoms with Gasteiger partial charge in [0.15, 0.2) is 5.12 Å². The van der Waals surface area contributed by atoms with Crippen LogP contribution >= 0.6 is 11.8 Å². The van der Waals surface area contributed by atoms with E-state index >= 15 is 0 Å². The molecule has 0 aliphatic rings. The quantitative estimate of drug-likeness (QED) is 0.768. The minimum Gasteiger partial charge on any atom is -0.300 e. The lowest BCUT2D eigenvalue weighted by Gasteiger charge is -1.97. The number of benzene rings is 1. The number of rotatable bonds is 3. The molecule has 0 aliphatic heterocycles. The number of ketones is 1. The van der Waals surface area contributed by atoms with E-state index in [1.165, 1.54) is 18.7 Å². The number of hydrogen-bond donors (Lipinski definition) is 0. The fourth-order valence-corrected chi connectivity index (χ4v) is 1.62. The van der Waals surface area contributed by atoms with Crippen LogP contribution in [0.1, 0.15) is 25.0 Å². The maximum atomic E-state index is 10.9. The summed E-state index contributed by atoms with van der Waals surface area (Å²) in [6.45, 7) is 3.11. The van der Waals surface area contributed by atoms with Crippen molar-refractivity contribution in [2.24, 2.45) is 0 Å². The summed E-state index contributed by atoms with van der Waals surface area (Å²) < 4.78 is 0. The van der Waals surface area contributed by atoms with Crippen LogP contribution in [0.15, 0.2) is 24.3 Å². The molecule has 0 N–H and O–H groups in total. The Labute approximate surface area is 106 Å². The molecule has 3 heteroatoms. The highest BCUT2D eigenvalue weighted by atomic mass is 32.2. The Balaban J connectivity index is 2.55. The predicted molar refractivity (Wildman–Crippen MR) is 70.8 cm³/mol. The predicted octanol–water partition coefficient (Wildman–Crippen LogP) is 2.45. The molecule has 0 aliphatic carbocycles. The maximum Gasteiger partial charge on any atom is 0.186 e. The minimum absolute atomic E-state index is 0.0797. The van der Waals surface area contributed by atoms with Crippen LogP contribution in [0.25, 0.3) is 0 Å². The van der Waals surface area contributed by atoms with E-state index in [0.717, 1.165) is 11.1 Å². The zero-order chi connectivity index (χ0) is 12.7.